The molecule has 0 amide bonds. The van der Waals surface area contributed by atoms with Crippen LogP contribution < -0.4 is 0 Å². The summed E-state index contributed by atoms with van der Waals surface area (Å²) in [7, 11) is 0. The zero-order valence-electron chi connectivity index (χ0n) is 20.6. The zero-order chi connectivity index (χ0) is 22.5. The Hall–Kier alpha value is -0.440. The number of rotatable bonds is 23. The lowest BCUT2D eigenvalue weighted by Gasteiger charge is -2.04. The van der Waals surface area contributed by atoms with Gasteiger partial charge in [0.1, 0.15) is 0 Å². The van der Waals surface area contributed by atoms with Crippen LogP contribution in [0.3, 0.4) is 0 Å². The maximum Gasteiger partial charge on any atom is 0.327 e. The van der Waals surface area contributed by atoms with Gasteiger partial charge in [-0.15, -0.1) is 0 Å². The van der Waals surface area contributed by atoms with Crippen LogP contribution >= 0.6 is 11.8 Å². The topological polar surface area (TPSA) is 37.3 Å². The van der Waals surface area contributed by atoms with Crippen LogP contribution in [-0.2, 0) is 4.79 Å². The molecule has 0 bridgehead atoms. The van der Waals surface area contributed by atoms with E-state index in [1.165, 1.54) is 140 Å². The third kappa shape index (κ3) is 35.0. The van der Waals surface area contributed by atoms with Crippen LogP contribution in [0.15, 0.2) is 12.7 Å². The SMILES string of the molecule is C=CC(=O)O.CCCCCCCCCCCCSCCCCCCCCCCCC. The Morgan fingerprint density at radius 3 is 1.07 bits per heavy atom. The molecule has 30 heavy (non-hydrogen) atoms. The Morgan fingerprint density at radius 1 is 0.600 bits per heavy atom. The van der Waals surface area contributed by atoms with Crippen molar-refractivity contribution in [3.63, 3.8) is 0 Å². The first-order valence-electron chi connectivity index (χ1n) is 13.1. The van der Waals surface area contributed by atoms with Crippen molar-refractivity contribution in [1.82, 2.24) is 0 Å². The van der Waals surface area contributed by atoms with Gasteiger partial charge in [-0.25, -0.2) is 4.79 Å². The molecule has 1 N–H and O–H groups in total. The van der Waals surface area contributed by atoms with Crippen LogP contribution in [0, 0.1) is 0 Å². The summed E-state index contributed by atoms with van der Waals surface area (Å²) in [4.78, 5) is 9.25. The normalized spacial score (nSPS) is 10.5. The van der Waals surface area contributed by atoms with Gasteiger partial charge in [0, 0.05) is 6.08 Å². The van der Waals surface area contributed by atoms with Gasteiger partial charge in [-0.05, 0) is 24.3 Å². The number of aliphatic carboxylic acids is 1. The first kappa shape index (κ1) is 31.7. The van der Waals surface area contributed by atoms with E-state index in [4.69, 9.17) is 5.11 Å². The second-order valence-electron chi connectivity index (χ2n) is 8.52. The molecule has 0 rings (SSSR count). The van der Waals surface area contributed by atoms with Crippen LogP contribution in [0.4, 0.5) is 0 Å². The van der Waals surface area contributed by atoms with Gasteiger partial charge in [0.2, 0.25) is 0 Å². The van der Waals surface area contributed by atoms with E-state index in [1.54, 1.807) is 0 Å². The molecule has 0 aliphatic rings. The van der Waals surface area contributed by atoms with Crippen molar-refractivity contribution in [3.05, 3.63) is 12.7 Å². The van der Waals surface area contributed by atoms with Gasteiger partial charge in [-0.3, -0.25) is 0 Å². The molecule has 0 spiro atoms. The first-order chi connectivity index (χ1) is 14.7. The van der Waals surface area contributed by atoms with E-state index in [0.29, 0.717) is 0 Å². The smallest absolute Gasteiger partial charge is 0.327 e. The van der Waals surface area contributed by atoms with Gasteiger partial charge in [-0.2, -0.15) is 11.8 Å². The third-order valence-corrected chi connectivity index (χ3v) is 6.61. The molecule has 0 aliphatic heterocycles. The van der Waals surface area contributed by atoms with E-state index in [-0.39, 0.29) is 0 Å². The summed E-state index contributed by atoms with van der Waals surface area (Å²) in [5, 5.41) is 7.60. The Bertz CT molecular complexity index is 309. The lowest BCUT2D eigenvalue weighted by atomic mass is 10.1. The summed E-state index contributed by atoms with van der Waals surface area (Å²) in [5.41, 5.74) is 0. The summed E-state index contributed by atoms with van der Waals surface area (Å²) >= 11 is 2.21. The Labute approximate surface area is 194 Å². The third-order valence-electron chi connectivity index (χ3n) is 5.46. The highest BCUT2D eigenvalue weighted by molar-refractivity contribution is 7.99. The van der Waals surface area contributed by atoms with Gasteiger partial charge < -0.3 is 5.11 Å². The highest BCUT2D eigenvalue weighted by Gasteiger charge is 1.95. The van der Waals surface area contributed by atoms with E-state index >= 15 is 0 Å². The quantitative estimate of drug-likeness (QED) is 0.126. The number of hydrogen-bond acceptors (Lipinski definition) is 2. The minimum absolute atomic E-state index is 0.833. The van der Waals surface area contributed by atoms with Crippen molar-refractivity contribution in [3.8, 4) is 0 Å². The molecule has 3 heteroatoms. The number of hydrogen-bond donors (Lipinski definition) is 1. The van der Waals surface area contributed by atoms with Crippen LogP contribution in [-0.4, -0.2) is 22.6 Å². The van der Waals surface area contributed by atoms with Crippen molar-refractivity contribution in [2.75, 3.05) is 11.5 Å². The van der Waals surface area contributed by atoms with Crippen LogP contribution in [0.2, 0.25) is 0 Å². The van der Waals surface area contributed by atoms with Crippen LogP contribution in [0.1, 0.15) is 142 Å². The molecule has 0 radical (unpaired) electrons. The molecule has 0 saturated carbocycles. The standard InChI is InChI=1S/C24H50S.C3H4O2/c1-3-5-7-9-11-13-15-17-19-21-23-25-24-22-20-18-16-14-12-10-8-6-4-2;1-2-3(4)5/h3-24H2,1-2H3;2H,1H2,(H,4,5). The number of thioether (sulfide) groups is 1. The number of carboxylic acid groups (broad SMARTS) is 1. The fourth-order valence-electron chi connectivity index (χ4n) is 3.49. The van der Waals surface area contributed by atoms with E-state index < -0.39 is 5.97 Å². The van der Waals surface area contributed by atoms with Crippen LogP contribution in [0.25, 0.3) is 0 Å². The minimum atomic E-state index is -0.981. The predicted molar refractivity (Wildman–Crippen MR) is 139 cm³/mol. The Morgan fingerprint density at radius 2 is 0.833 bits per heavy atom. The average molecular weight is 443 g/mol. The lowest BCUT2D eigenvalue weighted by molar-refractivity contribution is -0.131. The van der Waals surface area contributed by atoms with Crippen molar-refractivity contribution < 1.29 is 9.90 Å². The maximum atomic E-state index is 9.25. The molecule has 0 saturated heterocycles. The highest BCUT2D eigenvalue weighted by atomic mass is 32.2. The van der Waals surface area contributed by atoms with Gasteiger partial charge >= 0.3 is 5.97 Å². The summed E-state index contributed by atoms with van der Waals surface area (Å²) < 4.78 is 0. The summed E-state index contributed by atoms with van der Waals surface area (Å²) in [6.07, 6.45) is 30.0. The molecule has 0 heterocycles. The molecule has 0 aromatic heterocycles. The summed E-state index contributed by atoms with van der Waals surface area (Å²) in [6.45, 7) is 7.56. The molecule has 2 nitrogen and oxygen atoms in total. The van der Waals surface area contributed by atoms with Crippen molar-refractivity contribution in [2.45, 2.75) is 142 Å². The molecule has 0 unspecified atom stereocenters. The zero-order valence-corrected chi connectivity index (χ0v) is 21.4. The largest absolute Gasteiger partial charge is 0.478 e. The van der Waals surface area contributed by atoms with E-state index in [0.717, 1.165) is 6.08 Å². The Balaban J connectivity index is 0. The lowest BCUT2D eigenvalue weighted by Crippen LogP contribution is -1.87. The molecule has 0 aromatic rings. The molecule has 0 fully saturated rings. The summed E-state index contributed by atoms with van der Waals surface area (Å²) in [6, 6.07) is 0. The summed E-state index contributed by atoms with van der Waals surface area (Å²) in [5.74, 6) is 1.84. The highest BCUT2D eigenvalue weighted by Crippen LogP contribution is 2.15. The molecular weight excluding hydrogens is 388 g/mol. The maximum absolute atomic E-state index is 9.25. The monoisotopic (exact) mass is 442 g/mol. The van der Waals surface area contributed by atoms with Gasteiger partial charge in [0.05, 0.1) is 0 Å². The second kappa shape index (κ2) is 30.8. The van der Waals surface area contributed by atoms with Gasteiger partial charge in [0.25, 0.3) is 0 Å². The number of unbranched alkanes of at least 4 members (excludes halogenated alkanes) is 18. The fraction of sp³-hybridized carbons (Fsp3) is 0.889. The van der Waals surface area contributed by atoms with E-state index in [1.807, 2.05) is 0 Å². The molecule has 180 valence electrons. The van der Waals surface area contributed by atoms with E-state index in [2.05, 4.69) is 32.2 Å². The molecule has 0 atom stereocenters. The van der Waals surface area contributed by atoms with Crippen molar-refractivity contribution >= 4 is 17.7 Å². The number of carbonyl (C=O) groups is 1. The molecule has 0 aromatic carbocycles. The van der Waals surface area contributed by atoms with Crippen molar-refractivity contribution in [2.24, 2.45) is 0 Å². The first-order valence-corrected chi connectivity index (χ1v) is 14.3. The molecule has 0 aliphatic carbocycles. The van der Waals surface area contributed by atoms with Gasteiger partial charge in [0.15, 0.2) is 0 Å². The predicted octanol–water partition coefficient (Wildman–Crippen LogP) is 9.82. The van der Waals surface area contributed by atoms with E-state index in [9.17, 15) is 4.79 Å². The Kier molecular flexibility index (Phi) is 32.5. The van der Waals surface area contributed by atoms with Crippen LogP contribution in [0.5, 0.6) is 0 Å². The minimum Gasteiger partial charge on any atom is -0.478 e. The van der Waals surface area contributed by atoms with Crippen molar-refractivity contribution in [1.29, 1.82) is 0 Å². The average Bonchev–Trinajstić information content (AvgIpc) is 2.75. The number of carboxylic acids is 1. The van der Waals surface area contributed by atoms with Gasteiger partial charge in [-0.1, -0.05) is 136 Å². The fourth-order valence-corrected chi connectivity index (χ4v) is 4.51. The molecular formula is C27H54O2S. The second-order valence-corrected chi connectivity index (χ2v) is 9.74.